The van der Waals surface area contributed by atoms with Gasteiger partial charge in [0.2, 0.25) is 5.95 Å². The predicted octanol–water partition coefficient (Wildman–Crippen LogP) is 5.67. The first-order valence-electron chi connectivity index (χ1n) is 11.5. The minimum Gasteiger partial charge on any atom is -0.362 e. The molecule has 2 N–H and O–H groups in total. The third-order valence-electron chi connectivity index (χ3n) is 6.40. The molecule has 0 amide bonds. The van der Waals surface area contributed by atoms with Crippen LogP contribution in [0.2, 0.25) is 0 Å². The molecular formula is C26H31N5S. The summed E-state index contributed by atoms with van der Waals surface area (Å²) in [6, 6.07) is 19.6. The quantitative estimate of drug-likeness (QED) is 0.384. The highest BCUT2D eigenvalue weighted by Crippen LogP contribution is 2.29. The molecule has 1 fully saturated rings. The summed E-state index contributed by atoms with van der Waals surface area (Å²) < 4.78 is 1.38. The summed E-state index contributed by atoms with van der Waals surface area (Å²) in [4.78, 5) is 13.1. The summed E-state index contributed by atoms with van der Waals surface area (Å²) in [6.07, 6.45) is 4.82. The largest absolute Gasteiger partial charge is 0.362 e. The number of hydrogen-bond donors (Lipinski definition) is 2. The summed E-state index contributed by atoms with van der Waals surface area (Å²) in [7, 11) is 4.07. The van der Waals surface area contributed by atoms with Gasteiger partial charge in [0.05, 0.1) is 5.52 Å². The van der Waals surface area contributed by atoms with E-state index in [0.717, 1.165) is 41.7 Å². The summed E-state index contributed by atoms with van der Waals surface area (Å²) >= 11 is 1.90. The smallest absolute Gasteiger partial charge is 0.225 e. The van der Waals surface area contributed by atoms with Crippen LogP contribution < -0.4 is 15.5 Å². The number of aromatic nitrogens is 2. The van der Waals surface area contributed by atoms with Crippen LogP contribution in [0.5, 0.6) is 0 Å². The lowest BCUT2D eigenvalue weighted by Crippen LogP contribution is -2.31. The van der Waals surface area contributed by atoms with Crippen molar-refractivity contribution in [3.8, 4) is 0 Å². The maximum atomic E-state index is 4.81. The number of nitrogens with one attached hydrogen (secondary N) is 2. The molecule has 1 saturated carbocycles. The first-order chi connectivity index (χ1) is 15.7. The van der Waals surface area contributed by atoms with Crippen molar-refractivity contribution in [2.45, 2.75) is 38.3 Å². The molecule has 0 radical (unpaired) electrons. The zero-order valence-electron chi connectivity index (χ0n) is 18.8. The molecule has 32 heavy (non-hydrogen) atoms. The number of fused-ring (bicyclic) bond motifs is 2. The second kappa shape index (κ2) is 9.43. The molecule has 0 saturated heterocycles. The second-order valence-corrected chi connectivity index (χ2v) is 10.2. The minimum absolute atomic E-state index is 0.449. The van der Waals surface area contributed by atoms with E-state index in [-0.39, 0.29) is 0 Å². The van der Waals surface area contributed by atoms with Gasteiger partial charge in [-0.2, -0.15) is 4.98 Å². The summed E-state index contributed by atoms with van der Waals surface area (Å²) in [6.45, 7) is 2.06. The highest BCUT2D eigenvalue weighted by molar-refractivity contribution is 7.19. The van der Waals surface area contributed by atoms with Gasteiger partial charge in [-0.25, -0.2) is 4.98 Å². The van der Waals surface area contributed by atoms with Gasteiger partial charge in [-0.15, -0.1) is 11.3 Å². The molecular weight excluding hydrogens is 414 g/mol. The van der Waals surface area contributed by atoms with Gasteiger partial charge >= 0.3 is 0 Å². The van der Waals surface area contributed by atoms with E-state index < -0.39 is 0 Å². The van der Waals surface area contributed by atoms with Crippen LogP contribution >= 0.6 is 11.3 Å². The molecule has 1 aliphatic rings. The average Bonchev–Trinajstić information content (AvgIpc) is 3.22. The van der Waals surface area contributed by atoms with Crippen molar-refractivity contribution >= 4 is 44.1 Å². The van der Waals surface area contributed by atoms with E-state index in [1.54, 1.807) is 0 Å². The fourth-order valence-corrected chi connectivity index (χ4v) is 5.72. The predicted molar refractivity (Wildman–Crippen MR) is 137 cm³/mol. The molecule has 5 rings (SSSR count). The fourth-order valence-electron chi connectivity index (χ4n) is 4.68. The summed E-state index contributed by atoms with van der Waals surface area (Å²) in [5.41, 5.74) is 0.993. The van der Waals surface area contributed by atoms with Crippen molar-refractivity contribution in [3.63, 3.8) is 0 Å². The van der Waals surface area contributed by atoms with E-state index in [9.17, 15) is 0 Å². The van der Waals surface area contributed by atoms with Gasteiger partial charge in [-0.3, -0.25) is 0 Å². The minimum atomic E-state index is 0.449. The maximum Gasteiger partial charge on any atom is 0.225 e. The first kappa shape index (κ1) is 21.2. The Morgan fingerprint density at radius 1 is 0.969 bits per heavy atom. The number of benzene rings is 2. The van der Waals surface area contributed by atoms with Gasteiger partial charge in [-0.1, -0.05) is 30.3 Å². The van der Waals surface area contributed by atoms with Crippen LogP contribution in [-0.2, 0) is 6.54 Å². The number of thiophene rings is 1. The Morgan fingerprint density at radius 3 is 2.56 bits per heavy atom. The Labute approximate surface area is 193 Å². The molecule has 0 unspecified atom stereocenters. The van der Waals surface area contributed by atoms with E-state index in [2.05, 4.69) is 58.0 Å². The Kier molecular flexibility index (Phi) is 6.23. The lowest BCUT2D eigenvalue weighted by Gasteiger charge is -2.29. The SMILES string of the molecule is CN(C)c1nc(NC2CCC(CNCc3cc4ccccc4s3)CC2)nc2ccccc12. The number of hydrogen-bond acceptors (Lipinski definition) is 6. The molecule has 6 heteroatoms. The lowest BCUT2D eigenvalue weighted by molar-refractivity contribution is 0.324. The molecule has 1 aliphatic carbocycles. The van der Waals surface area contributed by atoms with Gasteiger partial charge in [0.25, 0.3) is 0 Å². The Morgan fingerprint density at radius 2 is 1.75 bits per heavy atom. The van der Waals surface area contributed by atoms with E-state index >= 15 is 0 Å². The molecule has 2 heterocycles. The normalized spacial score (nSPS) is 18.8. The fraction of sp³-hybridized carbons (Fsp3) is 0.385. The highest BCUT2D eigenvalue weighted by atomic mass is 32.1. The van der Waals surface area contributed by atoms with Crippen LogP contribution in [0.1, 0.15) is 30.6 Å². The molecule has 4 aromatic rings. The van der Waals surface area contributed by atoms with Gasteiger partial charge in [0, 0.05) is 41.6 Å². The van der Waals surface area contributed by atoms with Crippen LogP contribution in [0.3, 0.4) is 0 Å². The topological polar surface area (TPSA) is 53.1 Å². The average molecular weight is 446 g/mol. The van der Waals surface area contributed by atoms with Crippen molar-refractivity contribution in [2.24, 2.45) is 5.92 Å². The standard InChI is InChI=1S/C26H31N5S/c1-31(2)25-22-8-4-5-9-23(22)29-26(30-25)28-20-13-11-18(12-14-20)16-27-17-21-15-19-7-3-6-10-24(19)32-21/h3-10,15,18,20,27H,11-14,16-17H2,1-2H3,(H,28,29,30). The number of rotatable bonds is 7. The third kappa shape index (κ3) is 4.71. The van der Waals surface area contributed by atoms with E-state index in [4.69, 9.17) is 9.97 Å². The van der Waals surface area contributed by atoms with E-state index in [0.29, 0.717) is 6.04 Å². The lowest BCUT2D eigenvalue weighted by atomic mass is 9.86. The van der Waals surface area contributed by atoms with E-state index in [1.807, 2.05) is 37.6 Å². The maximum absolute atomic E-state index is 4.81. The molecule has 0 spiro atoms. The Balaban J connectivity index is 1.13. The second-order valence-electron chi connectivity index (χ2n) is 9.03. The van der Waals surface area contributed by atoms with Crippen LogP contribution in [0, 0.1) is 5.92 Å². The van der Waals surface area contributed by atoms with Crippen molar-refractivity contribution in [1.29, 1.82) is 0 Å². The van der Waals surface area contributed by atoms with Gasteiger partial charge < -0.3 is 15.5 Å². The van der Waals surface area contributed by atoms with Crippen LogP contribution in [-0.4, -0.2) is 36.6 Å². The van der Waals surface area contributed by atoms with Gasteiger partial charge in [-0.05, 0) is 67.8 Å². The number of anilines is 2. The van der Waals surface area contributed by atoms with Crippen molar-refractivity contribution in [2.75, 3.05) is 30.9 Å². The van der Waals surface area contributed by atoms with E-state index in [1.165, 1.54) is 40.6 Å². The molecule has 0 bridgehead atoms. The number of para-hydroxylation sites is 1. The highest BCUT2D eigenvalue weighted by Gasteiger charge is 2.22. The van der Waals surface area contributed by atoms with Crippen molar-refractivity contribution < 1.29 is 0 Å². The Hall–Kier alpha value is -2.70. The molecule has 0 atom stereocenters. The van der Waals surface area contributed by atoms with Crippen molar-refractivity contribution in [3.05, 3.63) is 59.5 Å². The van der Waals surface area contributed by atoms with Gasteiger partial charge in [0.1, 0.15) is 5.82 Å². The first-order valence-corrected chi connectivity index (χ1v) is 12.4. The number of nitrogens with zero attached hydrogens (tertiary/aromatic N) is 3. The molecule has 2 aromatic carbocycles. The van der Waals surface area contributed by atoms with Crippen molar-refractivity contribution in [1.82, 2.24) is 15.3 Å². The summed E-state index contributed by atoms with van der Waals surface area (Å²) in [5, 5.41) is 9.76. The van der Waals surface area contributed by atoms with Crippen LogP contribution in [0.4, 0.5) is 11.8 Å². The molecule has 5 nitrogen and oxygen atoms in total. The third-order valence-corrected chi connectivity index (χ3v) is 7.51. The Bertz CT molecular complexity index is 1160. The zero-order valence-corrected chi connectivity index (χ0v) is 19.7. The van der Waals surface area contributed by atoms with Crippen LogP contribution in [0.25, 0.3) is 21.0 Å². The molecule has 0 aliphatic heterocycles. The summed E-state index contributed by atoms with van der Waals surface area (Å²) in [5.74, 6) is 2.47. The molecule has 166 valence electrons. The zero-order chi connectivity index (χ0) is 21.9. The monoisotopic (exact) mass is 445 g/mol. The molecule has 2 aromatic heterocycles. The van der Waals surface area contributed by atoms with Crippen LogP contribution in [0.15, 0.2) is 54.6 Å². The van der Waals surface area contributed by atoms with Gasteiger partial charge in [0.15, 0.2) is 0 Å².